The van der Waals surface area contributed by atoms with Crippen LogP contribution in [0.5, 0.6) is 0 Å². The second-order valence-corrected chi connectivity index (χ2v) is 6.28. The van der Waals surface area contributed by atoms with Gasteiger partial charge in [-0.3, -0.25) is 4.72 Å². The fraction of sp³-hybridized carbons (Fsp3) is 0.0769. The molecule has 0 bridgehead atoms. The summed E-state index contributed by atoms with van der Waals surface area (Å²) in [6.45, 7) is 0. The van der Waals surface area contributed by atoms with Crippen LogP contribution in [0.3, 0.4) is 0 Å². The first-order chi connectivity index (χ1) is 8.94. The highest BCUT2D eigenvalue weighted by molar-refractivity contribution is 7.91. The van der Waals surface area contributed by atoms with E-state index in [-0.39, 0.29) is 5.75 Å². The fourth-order valence-electron chi connectivity index (χ4n) is 1.67. The van der Waals surface area contributed by atoms with Gasteiger partial charge in [0.2, 0.25) is 10.0 Å². The van der Waals surface area contributed by atoms with Crippen LogP contribution < -0.4 is 10.5 Å². The van der Waals surface area contributed by atoms with Gasteiger partial charge in [0, 0.05) is 16.4 Å². The molecule has 2 aromatic carbocycles. The molecule has 0 heterocycles. The molecular formula is C13H13ClN2O2S. The van der Waals surface area contributed by atoms with Crippen molar-refractivity contribution in [3.63, 3.8) is 0 Å². The molecule has 0 aliphatic carbocycles. The highest BCUT2D eigenvalue weighted by atomic mass is 35.5. The predicted octanol–water partition coefficient (Wildman–Crippen LogP) is 2.86. The maximum Gasteiger partial charge on any atom is 0.236 e. The SMILES string of the molecule is Nc1cccc(CS(=O)(=O)Nc2cccc(Cl)c2)c1. The largest absolute Gasteiger partial charge is 0.399 e. The molecule has 0 unspecified atom stereocenters. The summed E-state index contributed by atoms with van der Waals surface area (Å²) in [5.74, 6) is -0.134. The molecule has 0 atom stereocenters. The summed E-state index contributed by atoms with van der Waals surface area (Å²) in [5, 5.41) is 0.476. The van der Waals surface area contributed by atoms with Crippen molar-refractivity contribution in [2.75, 3.05) is 10.5 Å². The average Bonchev–Trinajstić information content (AvgIpc) is 2.27. The average molecular weight is 297 g/mol. The van der Waals surface area contributed by atoms with Crippen molar-refractivity contribution in [1.82, 2.24) is 0 Å². The molecule has 2 rings (SSSR count). The molecule has 100 valence electrons. The zero-order valence-electron chi connectivity index (χ0n) is 10.0. The first-order valence-electron chi connectivity index (χ1n) is 5.55. The number of anilines is 2. The van der Waals surface area contributed by atoms with Crippen LogP contribution in [0.2, 0.25) is 5.02 Å². The van der Waals surface area contributed by atoms with Gasteiger partial charge in [0.1, 0.15) is 0 Å². The molecule has 0 radical (unpaired) electrons. The second kappa shape index (κ2) is 5.50. The van der Waals surface area contributed by atoms with E-state index in [1.807, 2.05) is 0 Å². The molecule has 3 N–H and O–H groups in total. The molecular weight excluding hydrogens is 284 g/mol. The Morgan fingerprint density at radius 1 is 1.11 bits per heavy atom. The quantitative estimate of drug-likeness (QED) is 0.852. The third kappa shape index (κ3) is 4.15. The summed E-state index contributed by atoms with van der Waals surface area (Å²) >= 11 is 5.80. The number of rotatable bonds is 4. The van der Waals surface area contributed by atoms with Crippen LogP contribution in [-0.2, 0) is 15.8 Å². The van der Waals surface area contributed by atoms with Crippen LogP contribution in [0, 0.1) is 0 Å². The number of hydrogen-bond acceptors (Lipinski definition) is 3. The van der Waals surface area contributed by atoms with E-state index in [0.717, 1.165) is 0 Å². The lowest BCUT2D eigenvalue weighted by Gasteiger charge is -2.08. The fourth-order valence-corrected chi connectivity index (χ4v) is 3.04. The van der Waals surface area contributed by atoms with Crippen LogP contribution in [-0.4, -0.2) is 8.42 Å². The smallest absolute Gasteiger partial charge is 0.236 e. The number of halogens is 1. The summed E-state index contributed by atoms with van der Waals surface area (Å²) in [5.41, 5.74) is 7.23. The Kier molecular flexibility index (Phi) is 3.97. The van der Waals surface area contributed by atoms with E-state index in [1.54, 1.807) is 48.5 Å². The van der Waals surface area contributed by atoms with Crippen LogP contribution >= 0.6 is 11.6 Å². The third-order valence-corrected chi connectivity index (χ3v) is 3.90. The van der Waals surface area contributed by atoms with Crippen molar-refractivity contribution in [1.29, 1.82) is 0 Å². The molecule has 19 heavy (non-hydrogen) atoms. The molecule has 2 aromatic rings. The van der Waals surface area contributed by atoms with E-state index in [4.69, 9.17) is 17.3 Å². The number of sulfonamides is 1. The highest BCUT2D eigenvalue weighted by Gasteiger charge is 2.12. The van der Waals surface area contributed by atoms with E-state index in [9.17, 15) is 8.42 Å². The highest BCUT2D eigenvalue weighted by Crippen LogP contribution is 2.18. The van der Waals surface area contributed by atoms with Gasteiger partial charge >= 0.3 is 0 Å². The molecule has 0 saturated carbocycles. The van der Waals surface area contributed by atoms with E-state index in [1.165, 1.54) is 0 Å². The molecule has 6 heteroatoms. The summed E-state index contributed by atoms with van der Waals surface area (Å²) in [4.78, 5) is 0. The molecule has 0 amide bonds. The summed E-state index contributed by atoms with van der Waals surface area (Å²) < 4.78 is 26.5. The van der Waals surface area contributed by atoms with Gasteiger partial charge in [-0.1, -0.05) is 29.8 Å². The Labute approximate surface area is 117 Å². The van der Waals surface area contributed by atoms with Crippen molar-refractivity contribution in [2.24, 2.45) is 0 Å². The summed E-state index contributed by atoms with van der Waals surface area (Å²) in [6, 6.07) is 13.3. The topological polar surface area (TPSA) is 72.2 Å². The first-order valence-corrected chi connectivity index (χ1v) is 7.58. The van der Waals surface area contributed by atoms with Gasteiger partial charge in [-0.2, -0.15) is 0 Å². The van der Waals surface area contributed by atoms with E-state index < -0.39 is 10.0 Å². The van der Waals surface area contributed by atoms with Gasteiger partial charge in [-0.05, 0) is 35.9 Å². The number of hydrogen-bond donors (Lipinski definition) is 2. The van der Waals surface area contributed by atoms with Gasteiger partial charge in [-0.25, -0.2) is 8.42 Å². The van der Waals surface area contributed by atoms with Crippen LogP contribution in [0.25, 0.3) is 0 Å². The summed E-state index contributed by atoms with van der Waals surface area (Å²) in [7, 11) is -3.49. The van der Waals surface area contributed by atoms with E-state index in [0.29, 0.717) is 22.0 Å². The minimum absolute atomic E-state index is 0.134. The van der Waals surface area contributed by atoms with Crippen LogP contribution in [0.1, 0.15) is 5.56 Å². The van der Waals surface area contributed by atoms with Crippen molar-refractivity contribution >= 4 is 33.0 Å². The van der Waals surface area contributed by atoms with Gasteiger partial charge in [0.05, 0.1) is 5.75 Å². The molecule has 0 fully saturated rings. The van der Waals surface area contributed by atoms with Gasteiger partial charge in [0.25, 0.3) is 0 Å². The number of benzene rings is 2. The lowest BCUT2D eigenvalue weighted by molar-refractivity contribution is 0.600. The van der Waals surface area contributed by atoms with Crippen molar-refractivity contribution in [2.45, 2.75) is 5.75 Å². The molecule has 0 aromatic heterocycles. The molecule has 0 saturated heterocycles. The summed E-state index contributed by atoms with van der Waals surface area (Å²) in [6.07, 6.45) is 0. The standard InChI is InChI=1S/C13H13ClN2O2S/c14-11-4-2-6-13(8-11)16-19(17,18)9-10-3-1-5-12(15)7-10/h1-8,16H,9,15H2. The molecule has 0 aliphatic heterocycles. The molecule has 0 spiro atoms. The van der Waals surface area contributed by atoms with Crippen molar-refractivity contribution in [3.05, 3.63) is 59.1 Å². The van der Waals surface area contributed by atoms with Crippen molar-refractivity contribution < 1.29 is 8.42 Å². The Hall–Kier alpha value is -1.72. The van der Waals surface area contributed by atoms with E-state index in [2.05, 4.69) is 4.72 Å². The third-order valence-electron chi connectivity index (χ3n) is 2.41. The predicted molar refractivity (Wildman–Crippen MR) is 78.6 cm³/mol. The monoisotopic (exact) mass is 296 g/mol. The lowest BCUT2D eigenvalue weighted by atomic mass is 10.2. The van der Waals surface area contributed by atoms with Gasteiger partial charge < -0.3 is 5.73 Å². The second-order valence-electron chi connectivity index (χ2n) is 4.12. The minimum atomic E-state index is -3.49. The Morgan fingerprint density at radius 2 is 1.84 bits per heavy atom. The van der Waals surface area contributed by atoms with Crippen LogP contribution in [0.4, 0.5) is 11.4 Å². The number of nitrogens with one attached hydrogen (secondary N) is 1. The normalized spacial score (nSPS) is 11.2. The van der Waals surface area contributed by atoms with Crippen LogP contribution in [0.15, 0.2) is 48.5 Å². The maximum atomic E-state index is 12.0. The molecule has 0 aliphatic rings. The maximum absolute atomic E-state index is 12.0. The number of nitrogen functional groups attached to an aromatic ring is 1. The van der Waals surface area contributed by atoms with Gasteiger partial charge in [0.15, 0.2) is 0 Å². The van der Waals surface area contributed by atoms with Gasteiger partial charge in [-0.15, -0.1) is 0 Å². The van der Waals surface area contributed by atoms with Crippen molar-refractivity contribution in [3.8, 4) is 0 Å². The lowest BCUT2D eigenvalue weighted by Crippen LogP contribution is -2.15. The first kappa shape index (κ1) is 13.7. The zero-order chi connectivity index (χ0) is 13.9. The number of nitrogens with two attached hydrogens (primary N) is 1. The Morgan fingerprint density at radius 3 is 2.53 bits per heavy atom. The molecule has 4 nitrogen and oxygen atoms in total. The van der Waals surface area contributed by atoms with E-state index >= 15 is 0 Å². The Balaban J connectivity index is 2.15. The Bertz CT molecular complexity index is 633. The minimum Gasteiger partial charge on any atom is -0.399 e. The zero-order valence-corrected chi connectivity index (χ0v) is 11.6.